The predicted molar refractivity (Wildman–Crippen MR) is 113 cm³/mol. The summed E-state index contributed by atoms with van der Waals surface area (Å²) >= 11 is 6.88. The molecule has 0 amide bonds. The first-order valence-electron chi connectivity index (χ1n) is 9.01. The Labute approximate surface area is 170 Å². The molecule has 2 aromatic carbocycles. The normalized spacial score (nSPS) is 11.2. The number of aromatic amines is 1. The van der Waals surface area contributed by atoms with Gasteiger partial charge in [-0.05, 0) is 46.6 Å². The maximum absolute atomic E-state index is 10.3. The van der Waals surface area contributed by atoms with Gasteiger partial charge in [0.1, 0.15) is 16.8 Å². The number of unbranched alkanes of at least 4 members (excludes halogenated alkanes) is 3. The number of fused-ring (bicyclic) bond motifs is 1. The number of phenols is 1. The molecule has 0 aliphatic rings. The number of H-pyrrole nitrogens is 1. The molecule has 0 bridgehead atoms. The standard InChI is InChI=1S/C20H23Br2N3O/c1-2-3-4-7-10-25-18-9-6-5-8-17(18)24-20(25)23-13-14-11-15(21)12-16(22)19(14)26/h5-6,8-9,11-12H,2-4,7,10,13H2,1H3,(H2,23,24,26)/p+1. The second kappa shape index (κ2) is 8.91. The number of anilines is 1. The molecule has 1 heterocycles. The number of phenolic OH excluding ortho intramolecular Hbond substituents is 1. The van der Waals surface area contributed by atoms with Crippen molar-refractivity contribution in [1.82, 2.24) is 4.98 Å². The van der Waals surface area contributed by atoms with Gasteiger partial charge in [0.05, 0.1) is 17.6 Å². The minimum atomic E-state index is 0.270. The van der Waals surface area contributed by atoms with Gasteiger partial charge in [-0.15, -0.1) is 0 Å². The summed E-state index contributed by atoms with van der Waals surface area (Å²) in [6.45, 7) is 3.74. The molecule has 0 saturated carbocycles. The zero-order valence-electron chi connectivity index (χ0n) is 14.9. The topological polar surface area (TPSA) is 51.9 Å². The lowest BCUT2D eigenvalue weighted by Crippen LogP contribution is -2.36. The van der Waals surface area contributed by atoms with E-state index >= 15 is 0 Å². The van der Waals surface area contributed by atoms with Crippen LogP contribution in [0.1, 0.15) is 38.2 Å². The van der Waals surface area contributed by atoms with Crippen LogP contribution in [0.25, 0.3) is 11.0 Å². The number of hydrogen-bond donors (Lipinski definition) is 3. The molecule has 26 heavy (non-hydrogen) atoms. The Bertz CT molecular complexity index is 892. The summed E-state index contributed by atoms with van der Waals surface area (Å²) in [7, 11) is 0. The maximum atomic E-state index is 10.3. The average molecular weight is 482 g/mol. The van der Waals surface area contributed by atoms with E-state index in [9.17, 15) is 5.11 Å². The third-order valence-electron chi connectivity index (χ3n) is 4.51. The summed E-state index contributed by atoms with van der Waals surface area (Å²) in [5.74, 6) is 1.24. The highest BCUT2D eigenvalue weighted by atomic mass is 79.9. The number of aryl methyl sites for hydroxylation is 1. The molecule has 0 atom stereocenters. The van der Waals surface area contributed by atoms with Crippen molar-refractivity contribution >= 4 is 48.8 Å². The van der Waals surface area contributed by atoms with Gasteiger partial charge < -0.3 is 5.11 Å². The van der Waals surface area contributed by atoms with E-state index in [0.717, 1.165) is 34.5 Å². The van der Waals surface area contributed by atoms with E-state index in [1.165, 1.54) is 24.8 Å². The average Bonchev–Trinajstić information content (AvgIpc) is 2.98. The van der Waals surface area contributed by atoms with Gasteiger partial charge in [-0.2, -0.15) is 0 Å². The van der Waals surface area contributed by atoms with Gasteiger partial charge in [-0.3, -0.25) is 5.32 Å². The van der Waals surface area contributed by atoms with E-state index in [1.807, 2.05) is 18.2 Å². The summed E-state index contributed by atoms with van der Waals surface area (Å²) in [4.78, 5) is 3.47. The molecule has 138 valence electrons. The smallest absolute Gasteiger partial charge is 0.356 e. The second-order valence-electron chi connectivity index (χ2n) is 6.45. The van der Waals surface area contributed by atoms with Gasteiger partial charge in [0, 0.05) is 10.0 Å². The Balaban J connectivity index is 1.82. The molecule has 3 aromatic rings. The first kappa shape index (κ1) is 19.2. The Morgan fingerprint density at radius 1 is 1.12 bits per heavy atom. The number of rotatable bonds is 8. The molecule has 0 unspecified atom stereocenters. The quantitative estimate of drug-likeness (QED) is 0.278. The molecule has 6 heteroatoms. The summed E-state index contributed by atoms with van der Waals surface area (Å²) in [6.07, 6.45) is 4.90. The van der Waals surface area contributed by atoms with Crippen LogP contribution in [0.2, 0.25) is 0 Å². The zero-order valence-corrected chi connectivity index (χ0v) is 18.0. The number of aromatic nitrogens is 2. The molecule has 0 aliphatic heterocycles. The van der Waals surface area contributed by atoms with Crippen LogP contribution in [0.3, 0.4) is 0 Å². The van der Waals surface area contributed by atoms with Crippen molar-refractivity contribution in [1.29, 1.82) is 0 Å². The number of benzene rings is 2. The maximum Gasteiger partial charge on any atom is 0.356 e. The summed E-state index contributed by atoms with van der Waals surface area (Å²) in [5.41, 5.74) is 3.15. The van der Waals surface area contributed by atoms with E-state index < -0.39 is 0 Å². The number of nitrogens with zero attached hydrogens (tertiary/aromatic N) is 1. The van der Waals surface area contributed by atoms with Gasteiger partial charge in [-0.25, -0.2) is 9.55 Å². The number of hydrogen-bond acceptors (Lipinski definition) is 2. The third kappa shape index (κ3) is 4.41. The van der Waals surface area contributed by atoms with Crippen molar-refractivity contribution in [2.75, 3.05) is 5.32 Å². The molecule has 0 fully saturated rings. The van der Waals surface area contributed by atoms with Crippen LogP contribution in [0.15, 0.2) is 45.3 Å². The molecule has 0 aliphatic carbocycles. The molecule has 0 radical (unpaired) electrons. The predicted octanol–water partition coefficient (Wildman–Crippen LogP) is 5.88. The molecule has 0 saturated heterocycles. The summed E-state index contributed by atoms with van der Waals surface area (Å²) < 4.78 is 3.92. The minimum absolute atomic E-state index is 0.270. The lowest BCUT2D eigenvalue weighted by Gasteiger charge is -2.08. The van der Waals surface area contributed by atoms with E-state index in [2.05, 4.69) is 71.9 Å². The van der Waals surface area contributed by atoms with Gasteiger partial charge in [0.15, 0.2) is 0 Å². The highest BCUT2D eigenvalue weighted by Crippen LogP contribution is 2.32. The van der Waals surface area contributed by atoms with E-state index in [0.29, 0.717) is 11.0 Å². The molecular weight excluding hydrogens is 458 g/mol. The number of nitrogens with one attached hydrogen (secondary N) is 2. The number of aromatic hydroxyl groups is 1. The summed E-state index contributed by atoms with van der Waals surface area (Å²) in [5, 5.41) is 13.7. The van der Waals surface area contributed by atoms with E-state index in [4.69, 9.17) is 0 Å². The Hall–Kier alpha value is -1.53. The fourth-order valence-corrected chi connectivity index (χ4v) is 4.45. The fourth-order valence-electron chi connectivity index (χ4n) is 3.13. The van der Waals surface area contributed by atoms with E-state index in [1.54, 1.807) is 0 Å². The number of imidazole rings is 1. The van der Waals surface area contributed by atoms with Gasteiger partial charge in [-0.1, -0.05) is 54.2 Å². The highest BCUT2D eigenvalue weighted by molar-refractivity contribution is 9.11. The fraction of sp³-hybridized carbons (Fsp3) is 0.350. The lowest BCUT2D eigenvalue weighted by atomic mass is 10.2. The van der Waals surface area contributed by atoms with Crippen molar-refractivity contribution in [3.8, 4) is 5.75 Å². The van der Waals surface area contributed by atoms with Gasteiger partial charge in [0.2, 0.25) is 0 Å². The van der Waals surface area contributed by atoms with Crippen LogP contribution in [0, 0.1) is 0 Å². The van der Waals surface area contributed by atoms with Crippen molar-refractivity contribution in [3.63, 3.8) is 0 Å². The number of para-hydroxylation sites is 2. The lowest BCUT2D eigenvalue weighted by molar-refractivity contribution is -0.657. The molecule has 3 rings (SSSR count). The van der Waals surface area contributed by atoms with Crippen LogP contribution in [0.5, 0.6) is 5.75 Å². The van der Waals surface area contributed by atoms with Crippen LogP contribution < -0.4 is 9.88 Å². The van der Waals surface area contributed by atoms with Crippen LogP contribution >= 0.6 is 31.9 Å². The molecule has 3 N–H and O–H groups in total. The first-order valence-corrected chi connectivity index (χ1v) is 10.6. The highest BCUT2D eigenvalue weighted by Gasteiger charge is 2.17. The second-order valence-corrected chi connectivity index (χ2v) is 8.22. The van der Waals surface area contributed by atoms with Crippen LogP contribution in [-0.4, -0.2) is 10.1 Å². The largest absolute Gasteiger partial charge is 0.506 e. The Kier molecular flexibility index (Phi) is 6.59. The van der Waals surface area contributed by atoms with E-state index in [-0.39, 0.29) is 5.75 Å². The van der Waals surface area contributed by atoms with Crippen LogP contribution in [-0.2, 0) is 13.1 Å². The Morgan fingerprint density at radius 2 is 1.92 bits per heavy atom. The van der Waals surface area contributed by atoms with Gasteiger partial charge >= 0.3 is 5.95 Å². The van der Waals surface area contributed by atoms with Crippen LogP contribution in [0.4, 0.5) is 5.95 Å². The minimum Gasteiger partial charge on any atom is -0.506 e. The summed E-state index contributed by atoms with van der Waals surface area (Å²) in [6, 6.07) is 12.1. The molecule has 0 spiro atoms. The number of halogens is 2. The van der Waals surface area contributed by atoms with Gasteiger partial charge in [0.25, 0.3) is 0 Å². The van der Waals surface area contributed by atoms with Crippen molar-refractivity contribution < 1.29 is 9.67 Å². The first-order chi connectivity index (χ1) is 12.6. The molecule has 1 aromatic heterocycles. The van der Waals surface area contributed by atoms with Crippen molar-refractivity contribution in [3.05, 3.63) is 50.9 Å². The zero-order chi connectivity index (χ0) is 18.5. The SMILES string of the molecule is CCCCCC[n+]1c(NCc2cc(Br)cc(Br)c2O)[nH]c2ccccc21. The third-order valence-corrected chi connectivity index (χ3v) is 5.57. The molecular formula is C20H24Br2N3O+. The monoisotopic (exact) mass is 480 g/mol. The van der Waals surface area contributed by atoms with Crippen molar-refractivity contribution in [2.45, 2.75) is 45.7 Å². The molecule has 4 nitrogen and oxygen atoms in total. The Morgan fingerprint density at radius 3 is 2.73 bits per heavy atom. The van der Waals surface area contributed by atoms with Crippen molar-refractivity contribution in [2.24, 2.45) is 0 Å².